The van der Waals surface area contributed by atoms with Crippen LogP contribution in [-0.4, -0.2) is 6.61 Å². The minimum absolute atomic E-state index is 0.376. The van der Waals surface area contributed by atoms with Crippen molar-refractivity contribution >= 4 is 0 Å². The van der Waals surface area contributed by atoms with E-state index in [0.29, 0.717) is 12.5 Å². The molecule has 1 aromatic carbocycles. The molecule has 0 fully saturated rings. The molecule has 0 heterocycles. The van der Waals surface area contributed by atoms with Gasteiger partial charge in [0.1, 0.15) is 0 Å². The highest BCUT2D eigenvalue weighted by molar-refractivity contribution is 5.18. The normalized spacial score (nSPS) is 12.9. The van der Waals surface area contributed by atoms with Gasteiger partial charge in [-0.15, -0.1) is 0 Å². The number of hydrogen-bond donors (Lipinski definition) is 1. The van der Waals surface area contributed by atoms with Crippen LogP contribution in [-0.2, 0) is 4.84 Å². The highest BCUT2D eigenvalue weighted by atomic mass is 16.6. The molecule has 0 aliphatic heterocycles. The van der Waals surface area contributed by atoms with Crippen molar-refractivity contribution in [1.29, 1.82) is 0 Å². The van der Waals surface area contributed by atoms with Crippen molar-refractivity contribution < 1.29 is 4.84 Å². The van der Waals surface area contributed by atoms with Gasteiger partial charge in [0.15, 0.2) is 0 Å². The first-order chi connectivity index (χ1) is 5.34. The summed E-state index contributed by atoms with van der Waals surface area (Å²) in [4.78, 5) is 4.56. The largest absolute Gasteiger partial charge is 0.304 e. The summed E-state index contributed by atoms with van der Waals surface area (Å²) >= 11 is 0. The molecule has 0 aliphatic carbocycles. The average molecular weight is 151 g/mol. The minimum Gasteiger partial charge on any atom is -0.304 e. The van der Waals surface area contributed by atoms with Gasteiger partial charge < -0.3 is 4.84 Å². The lowest BCUT2D eigenvalue weighted by molar-refractivity contribution is 0.126. The van der Waals surface area contributed by atoms with Crippen LogP contribution in [0, 0.1) is 0 Å². The van der Waals surface area contributed by atoms with Gasteiger partial charge in [-0.25, -0.2) is 5.90 Å². The summed E-state index contributed by atoms with van der Waals surface area (Å²) in [5.41, 5.74) is 1.26. The second kappa shape index (κ2) is 4.11. The molecule has 1 aromatic rings. The molecule has 1 atom stereocenters. The number of rotatable bonds is 3. The Morgan fingerprint density at radius 3 is 2.55 bits per heavy atom. The van der Waals surface area contributed by atoms with Crippen LogP contribution in [0.15, 0.2) is 30.3 Å². The van der Waals surface area contributed by atoms with Crippen LogP contribution in [0.5, 0.6) is 0 Å². The van der Waals surface area contributed by atoms with Gasteiger partial charge in [-0.3, -0.25) is 0 Å². The molecule has 0 aliphatic rings. The van der Waals surface area contributed by atoms with E-state index in [1.165, 1.54) is 5.56 Å². The van der Waals surface area contributed by atoms with Gasteiger partial charge in [0.25, 0.3) is 0 Å². The Morgan fingerprint density at radius 1 is 1.36 bits per heavy atom. The lowest BCUT2D eigenvalue weighted by Crippen LogP contribution is -2.08. The molecular formula is C9H13NO. The zero-order valence-corrected chi connectivity index (χ0v) is 6.66. The Bertz CT molecular complexity index is 198. The first-order valence-corrected chi connectivity index (χ1v) is 3.71. The summed E-state index contributed by atoms with van der Waals surface area (Å²) in [6.07, 6.45) is 0. The summed E-state index contributed by atoms with van der Waals surface area (Å²) < 4.78 is 0. The highest BCUT2D eigenvalue weighted by Crippen LogP contribution is 2.13. The van der Waals surface area contributed by atoms with Crippen molar-refractivity contribution in [2.45, 2.75) is 12.8 Å². The molecule has 2 nitrogen and oxygen atoms in total. The van der Waals surface area contributed by atoms with E-state index in [4.69, 9.17) is 5.90 Å². The third kappa shape index (κ3) is 2.33. The monoisotopic (exact) mass is 151 g/mol. The third-order valence-corrected chi connectivity index (χ3v) is 1.71. The molecular weight excluding hydrogens is 138 g/mol. The molecule has 0 saturated carbocycles. The second-order valence-corrected chi connectivity index (χ2v) is 2.65. The standard InChI is InChI=1S/C9H13NO/c1-8(7-11-10)9-5-3-2-4-6-9/h2-6,8H,7,10H2,1H3. The second-order valence-electron chi connectivity index (χ2n) is 2.65. The Kier molecular flexibility index (Phi) is 3.08. The highest BCUT2D eigenvalue weighted by Gasteiger charge is 2.02. The van der Waals surface area contributed by atoms with Crippen LogP contribution in [0.4, 0.5) is 0 Å². The molecule has 0 aromatic heterocycles. The maximum Gasteiger partial charge on any atom is 0.0745 e. The topological polar surface area (TPSA) is 35.2 Å². The molecule has 11 heavy (non-hydrogen) atoms. The van der Waals surface area contributed by atoms with Gasteiger partial charge >= 0.3 is 0 Å². The molecule has 1 unspecified atom stereocenters. The van der Waals surface area contributed by atoms with Crippen LogP contribution in [0.25, 0.3) is 0 Å². The molecule has 0 spiro atoms. The quantitative estimate of drug-likeness (QED) is 0.667. The van der Waals surface area contributed by atoms with Crippen LogP contribution >= 0.6 is 0 Å². The summed E-state index contributed by atoms with van der Waals surface area (Å²) in [5, 5.41) is 0. The van der Waals surface area contributed by atoms with Crippen molar-refractivity contribution in [1.82, 2.24) is 0 Å². The minimum atomic E-state index is 0.376. The van der Waals surface area contributed by atoms with Crippen molar-refractivity contribution in [3.05, 3.63) is 35.9 Å². The molecule has 2 N–H and O–H groups in total. The fourth-order valence-corrected chi connectivity index (χ4v) is 1.02. The molecule has 0 amide bonds. The van der Waals surface area contributed by atoms with E-state index < -0.39 is 0 Å². The third-order valence-electron chi connectivity index (χ3n) is 1.71. The van der Waals surface area contributed by atoms with E-state index in [0.717, 1.165) is 0 Å². The van der Waals surface area contributed by atoms with Crippen molar-refractivity contribution in [3.8, 4) is 0 Å². The van der Waals surface area contributed by atoms with Gasteiger partial charge in [-0.1, -0.05) is 37.3 Å². The molecule has 0 saturated heterocycles. The molecule has 0 radical (unpaired) electrons. The maximum absolute atomic E-state index is 4.97. The van der Waals surface area contributed by atoms with Crippen LogP contribution in [0.2, 0.25) is 0 Å². The fraction of sp³-hybridized carbons (Fsp3) is 0.333. The molecule has 0 bridgehead atoms. The van der Waals surface area contributed by atoms with E-state index in [1.54, 1.807) is 0 Å². The Balaban J connectivity index is 2.61. The van der Waals surface area contributed by atoms with Crippen molar-refractivity contribution in [2.24, 2.45) is 5.90 Å². The van der Waals surface area contributed by atoms with E-state index in [9.17, 15) is 0 Å². The smallest absolute Gasteiger partial charge is 0.0745 e. The maximum atomic E-state index is 4.97. The predicted octanol–water partition coefficient (Wildman–Crippen LogP) is 1.68. The SMILES string of the molecule is CC(CON)c1ccccc1. The van der Waals surface area contributed by atoms with Crippen molar-refractivity contribution in [3.63, 3.8) is 0 Å². The number of benzene rings is 1. The van der Waals surface area contributed by atoms with Crippen LogP contribution in [0.1, 0.15) is 18.4 Å². The molecule has 2 heteroatoms. The zero-order valence-electron chi connectivity index (χ0n) is 6.66. The van der Waals surface area contributed by atoms with E-state index in [1.807, 2.05) is 18.2 Å². The Morgan fingerprint density at radius 2 is 2.00 bits per heavy atom. The van der Waals surface area contributed by atoms with Gasteiger partial charge in [-0.05, 0) is 5.56 Å². The Labute approximate surface area is 66.9 Å². The van der Waals surface area contributed by atoms with Gasteiger partial charge in [-0.2, -0.15) is 0 Å². The van der Waals surface area contributed by atoms with E-state index in [2.05, 4.69) is 23.9 Å². The van der Waals surface area contributed by atoms with Crippen LogP contribution < -0.4 is 5.90 Å². The van der Waals surface area contributed by atoms with Crippen molar-refractivity contribution in [2.75, 3.05) is 6.61 Å². The fourth-order valence-electron chi connectivity index (χ4n) is 1.02. The van der Waals surface area contributed by atoms with E-state index >= 15 is 0 Å². The van der Waals surface area contributed by atoms with Gasteiger partial charge in [0.2, 0.25) is 0 Å². The Hall–Kier alpha value is -0.860. The molecule has 1 rings (SSSR count). The summed E-state index contributed by atoms with van der Waals surface area (Å²) in [6.45, 7) is 2.66. The molecule has 60 valence electrons. The lowest BCUT2D eigenvalue weighted by Gasteiger charge is -2.08. The van der Waals surface area contributed by atoms with Gasteiger partial charge in [0.05, 0.1) is 6.61 Å². The summed E-state index contributed by atoms with van der Waals surface area (Å²) in [5.74, 6) is 5.34. The van der Waals surface area contributed by atoms with Gasteiger partial charge in [0, 0.05) is 5.92 Å². The first-order valence-electron chi connectivity index (χ1n) is 3.71. The van der Waals surface area contributed by atoms with E-state index in [-0.39, 0.29) is 0 Å². The average Bonchev–Trinajstić information content (AvgIpc) is 2.07. The predicted molar refractivity (Wildman–Crippen MR) is 45.0 cm³/mol. The van der Waals surface area contributed by atoms with Crippen LogP contribution in [0.3, 0.4) is 0 Å². The number of hydrogen-bond acceptors (Lipinski definition) is 2. The number of nitrogens with two attached hydrogens (primary N) is 1. The lowest BCUT2D eigenvalue weighted by atomic mass is 10.0. The summed E-state index contributed by atoms with van der Waals surface area (Å²) in [6, 6.07) is 10.2. The zero-order chi connectivity index (χ0) is 8.10. The summed E-state index contributed by atoms with van der Waals surface area (Å²) in [7, 11) is 0. The first kappa shape index (κ1) is 8.24.